The second-order valence-electron chi connectivity index (χ2n) is 4.78. The van der Waals surface area contributed by atoms with Crippen LogP contribution in [0, 0.1) is 0 Å². The Kier molecular flexibility index (Phi) is 4.15. The van der Waals surface area contributed by atoms with Crippen molar-refractivity contribution in [3.63, 3.8) is 0 Å². The van der Waals surface area contributed by atoms with Gasteiger partial charge in [0, 0.05) is 6.20 Å². The Morgan fingerprint density at radius 1 is 1.41 bits per heavy atom. The van der Waals surface area contributed by atoms with E-state index < -0.39 is 23.7 Å². The van der Waals surface area contributed by atoms with Crippen LogP contribution in [0.4, 0.5) is 4.79 Å². The second-order valence-corrected chi connectivity index (χ2v) is 4.78. The van der Waals surface area contributed by atoms with E-state index >= 15 is 0 Å². The van der Waals surface area contributed by atoms with E-state index in [1.54, 1.807) is 40.0 Å². The van der Waals surface area contributed by atoms with Crippen LogP contribution in [0.15, 0.2) is 12.3 Å². The van der Waals surface area contributed by atoms with Crippen molar-refractivity contribution >= 4 is 12.1 Å². The zero-order chi connectivity index (χ0) is 13.1. The lowest BCUT2D eigenvalue weighted by molar-refractivity contribution is -0.147. The van der Waals surface area contributed by atoms with Crippen LogP contribution in [0.3, 0.4) is 0 Å². The number of ether oxygens (including phenoxy) is 2. The van der Waals surface area contributed by atoms with Gasteiger partial charge in [0.1, 0.15) is 11.6 Å². The topological polar surface area (TPSA) is 55.8 Å². The average molecular weight is 241 g/mol. The van der Waals surface area contributed by atoms with Gasteiger partial charge in [-0.1, -0.05) is 6.08 Å². The fourth-order valence-electron chi connectivity index (χ4n) is 1.47. The van der Waals surface area contributed by atoms with Crippen molar-refractivity contribution < 1.29 is 19.1 Å². The Bertz CT molecular complexity index is 330. The molecular formula is C12H19NO4. The lowest BCUT2D eigenvalue weighted by atomic mass is 10.2. The smallest absolute Gasteiger partial charge is 0.415 e. The molecule has 0 spiro atoms. The van der Waals surface area contributed by atoms with E-state index in [0.717, 1.165) is 0 Å². The minimum atomic E-state index is -0.593. The molecule has 0 aromatic carbocycles. The first kappa shape index (κ1) is 13.5. The molecule has 5 heteroatoms. The lowest BCUT2D eigenvalue weighted by Crippen LogP contribution is -2.42. The minimum absolute atomic E-state index is 0.303. The maximum absolute atomic E-state index is 11.8. The summed E-state index contributed by atoms with van der Waals surface area (Å²) in [5.41, 5.74) is -0.577. The Hall–Kier alpha value is -1.52. The van der Waals surface area contributed by atoms with Gasteiger partial charge < -0.3 is 9.47 Å². The van der Waals surface area contributed by atoms with E-state index in [-0.39, 0.29) is 0 Å². The monoisotopic (exact) mass is 241 g/mol. The molecule has 1 heterocycles. The molecule has 0 aliphatic carbocycles. The van der Waals surface area contributed by atoms with Gasteiger partial charge in [-0.25, -0.2) is 9.59 Å². The summed E-state index contributed by atoms with van der Waals surface area (Å²) in [7, 11) is 0. The molecule has 0 N–H and O–H groups in total. The summed E-state index contributed by atoms with van der Waals surface area (Å²) in [6.07, 6.45) is 3.27. The van der Waals surface area contributed by atoms with Gasteiger partial charge >= 0.3 is 12.1 Å². The van der Waals surface area contributed by atoms with Crippen LogP contribution in [-0.4, -0.2) is 35.2 Å². The van der Waals surface area contributed by atoms with E-state index in [9.17, 15) is 9.59 Å². The maximum Gasteiger partial charge on any atom is 0.415 e. The molecule has 96 valence electrons. The number of carbonyl (C=O) groups is 2. The summed E-state index contributed by atoms with van der Waals surface area (Å²) >= 11 is 0. The van der Waals surface area contributed by atoms with Crippen LogP contribution in [0.2, 0.25) is 0 Å². The summed E-state index contributed by atoms with van der Waals surface area (Å²) in [6.45, 7) is 7.38. The summed E-state index contributed by atoms with van der Waals surface area (Å²) in [5, 5.41) is 0. The molecule has 1 rings (SSSR count). The zero-order valence-electron chi connectivity index (χ0n) is 10.7. The Morgan fingerprint density at radius 3 is 2.59 bits per heavy atom. The van der Waals surface area contributed by atoms with Crippen molar-refractivity contribution in [2.75, 3.05) is 6.61 Å². The van der Waals surface area contributed by atoms with E-state index in [2.05, 4.69) is 0 Å². The average Bonchev–Trinajstić information content (AvgIpc) is 2.63. The molecule has 0 saturated heterocycles. The van der Waals surface area contributed by atoms with Gasteiger partial charge in [0.25, 0.3) is 0 Å². The highest BCUT2D eigenvalue weighted by Gasteiger charge is 2.34. The third kappa shape index (κ3) is 3.76. The Morgan fingerprint density at radius 2 is 2.06 bits per heavy atom. The van der Waals surface area contributed by atoms with E-state index in [0.29, 0.717) is 13.0 Å². The Balaban J connectivity index is 2.66. The largest absolute Gasteiger partial charge is 0.464 e. The van der Waals surface area contributed by atoms with Crippen LogP contribution >= 0.6 is 0 Å². The minimum Gasteiger partial charge on any atom is -0.464 e. The van der Waals surface area contributed by atoms with Gasteiger partial charge in [0.05, 0.1) is 6.61 Å². The lowest BCUT2D eigenvalue weighted by Gasteiger charge is -2.26. The molecule has 0 saturated carbocycles. The normalized spacial score (nSPS) is 19.3. The molecule has 0 bridgehead atoms. The molecule has 0 fully saturated rings. The van der Waals surface area contributed by atoms with Crippen molar-refractivity contribution in [3.05, 3.63) is 12.3 Å². The number of esters is 1. The molecular weight excluding hydrogens is 222 g/mol. The number of hydrogen-bond donors (Lipinski definition) is 0. The van der Waals surface area contributed by atoms with E-state index in [1.165, 1.54) is 4.90 Å². The highest BCUT2D eigenvalue weighted by molar-refractivity contribution is 5.83. The first-order valence-electron chi connectivity index (χ1n) is 5.69. The molecule has 0 aromatic rings. The number of amides is 1. The number of nitrogens with zero attached hydrogens (tertiary/aromatic N) is 1. The molecule has 0 radical (unpaired) electrons. The van der Waals surface area contributed by atoms with Gasteiger partial charge in [-0.2, -0.15) is 0 Å². The molecule has 17 heavy (non-hydrogen) atoms. The van der Waals surface area contributed by atoms with Crippen molar-refractivity contribution in [2.24, 2.45) is 0 Å². The predicted molar refractivity (Wildman–Crippen MR) is 62.3 cm³/mol. The molecule has 5 nitrogen and oxygen atoms in total. The van der Waals surface area contributed by atoms with Gasteiger partial charge in [-0.05, 0) is 34.1 Å². The van der Waals surface area contributed by atoms with E-state index in [1.807, 2.05) is 0 Å². The van der Waals surface area contributed by atoms with Crippen LogP contribution in [0.5, 0.6) is 0 Å². The molecule has 0 aromatic heterocycles. The Labute approximate surface area is 101 Å². The van der Waals surface area contributed by atoms with Crippen LogP contribution in [0.25, 0.3) is 0 Å². The summed E-state index contributed by atoms with van der Waals surface area (Å²) in [5.74, 6) is -0.400. The highest BCUT2D eigenvalue weighted by Crippen LogP contribution is 2.19. The molecule has 0 unspecified atom stereocenters. The number of carbonyl (C=O) groups excluding carboxylic acids is 2. The molecule has 1 aliphatic heterocycles. The summed E-state index contributed by atoms with van der Waals surface area (Å²) in [4.78, 5) is 24.7. The summed E-state index contributed by atoms with van der Waals surface area (Å²) < 4.78 is 10.1. The van der Waals surface area contributed by atoms with Gasteiger partial charge in [-0.3, -0.25) is 4.90 Å². The third-order valence-corrected chi connectivity index (χ3v) is 2.12. The number of hydrogen-bond acceptors (Lipinski definition) is 4. The van der Waals surface area contributed by atoms with Gasteiger partial charge in [-0.15, -0.1) is 0 Å². The standard InChI is InChI=1S/C12H19NO4/c1-5-16-10(14)9-7-6-8-13(9)11(15)17-12(2,3)4/h6,8-9H,5,7H2,1-4H3/t9-/m1/s1. The maximum atomic E-state index is 11.8. The van der Waals surface area contributed by atoms with Crippen LogP contribution in [-0.2, 0) is 14.3 Å². The van der Waals surface area contributed by atoms with Crippen molar-refractivity contribution in [1.82, 2.24) is 4.90 Å². The van der Waals surface area contributed by atoms with Crippen molar-refractivity contribution in [1.29, 1.82) is 0 Å². The third-order valence-electron chi connectivity index (χ3n) is 2.12. The van der Waals surface area contributed by atoms with Gasteiger partial charge in [0.2, 0.25) is 0 Å². The zero-order valence-corrected chi connectivity index (χ0v) is 10.7. The quantitative estimate of drug-likeness (QED) is 0.694. The van der Waals surface area contributed by atoms with Crippen LogP contribution < -0.4 is 0 Å². The number of rotatable bonds is 2. The van der Waals surface area contributed by atoms with Crippen LogP contribution in [0.1, 0.15) is 34.1 Å². The molecule has 1 atom stereocenters. The summed E-state index contributed by atoms with van der Waals surface area (Å²) in [6, 6.07) is -0.593. The van der Waals surface area contributed by atoms with Gasteiger partial charge in [0.15, 0.2) is 0 Å². The molecule has 1 amide bonds. The van der Waals surface area contributed by atoms with Crippen molar-refractivity contribution in [3.8, 4) is 0 Å². The SMILES string of the molecule is CCOC(=O)[C@H]1CC=CN1C(=O)OC(C)(C)C. The first-order chi connectivity index (χ1) is 7.85. The fourth-order valence-corrected chi connectivity index (χ4v) is 1.47. The fraction of sp³-hybridized carbons (Fsp3) is 0.667. The van der Waals surface area contributed by atoms with E-state index in [4.69, 9.17) is 9.47 Å². The second kappa shape index (κ2) is 5.21. The van der Waals surface area contributed by atoms with Crippen molar-refractivity contribution in [2.45, 2.75) is 45.8 Å². The predicted octanol–water partition coefficient (Wildman–Crippen LogP) is 2.07. The first-order valence-corrected chi connectivity index (χ1v) is 5.69. The highest BCUT2D eigenvalue weighted by atomic mass is 16.6. The molecule has 1 aliphatic rings.